The van der Waals surface area contributed by atoms with E-state index in [-0.39, 0.29) is 6.04 Å². The van der Waals surface area contributed by atoms with Crippen molar-refractivity contribution in [2.45, 2.75) is 38.4 Å². The highest BCUT2D eigenvalue weighted by atomic mass is 32.1. The monoisotopic (exact) mass is 268 g/mol. The molecular weight excluding hydrogens is 244 g/mol. The van der Waals surface area contributed by atoms with Crippen LogP contribution in [0.4, 0.5) is 0 Å². The second-order valence-corrected chi connectivity index (χ2v) is 6.33. The zero-order valence-electron chi connectivity index (χ0n) is 11.6. The third-order valence-electron chi connectivity index (χ3n) is 3.59. The number of piperidine rings is 1. The molecule has 1 fully saturated rings. The summed E-state index contributed by atoms with van der Waals surface area (Å²) in [5.41, 5.74) is 7.00. The largest absolute Gasteiger partial charge is 0.322 e. The van der Waals surface area contributed by atoms with Crippen molar-refractivity contribution in [2.75, 3.05) is 27.2 Å². The first-order valence-electron chi connectivity index (χ1n) is 6.65. The Morgan fingerprint density at radius 1 is 1.67 bits per heavy atom. The van der Waals surface area contributed by atoms with Crippen molar-refractivity contribution in [3.8, 4) is 0 Å². The van der Waals surface area contributed by atoms with Crippen molar-refractivity contribution in [3.05, 3.63) is 16.1 Å². The topological polar surface area (TPSA) is 45.4 Å². The fourth-order valence-electron chi connectivity index (χ4n) is 2.49. The van der Waals surface area contributed by atoms with E-state index in [4.69, 9.17) is 5.73 Å². The normalized spacial score (nSPS) is 23.5. The first-order valence-corrected chi connectivity index (χ1v) is 7.53. The van der Waals surface area contributed by atoms with Gasteiger partial charge in [0.1, 0.15) is 5.01 Å². The maximum absolute atomic E-state index is 5.85. The molecule has 2 atom stereocenters. The summed E-state index contributed by atoms with van der Waals surface area (Å²) in [5, 5.41) is 3.18. The van der Waals surface area contributed by atoms with Crippen LogP contribution in [0.25, 0.3) is 0 Å². The molecule has 0 spiro atoms. The van der Waals surface area contributed by atoms with Gasteiger partial charge in [-0.3, -0.25) is 4.90 Å². The maximum atomic E-state index is 5.85. The molecule has 102 valence electrons. The van der Waals surface area contributed by atoms with Gasteiger partial charge in [-0.25, -0.2) is 4.98 Å². The lowest BCUT2D eigenvalue weighted by Gasteiger charge is -2.35. The van der Waals surface area contributed by atoms with Crippen LogP contribution < -0.4 is 5.73 Å². The van der Waals surface area contributed by atoms with Crippen LogP contribution in [0.5, 0.6) is 0 Å². The van der Waals surface area contributed by atoms with Crippen LogP contribution in [-0.2, 0) is 6.54 Å². The Kier molecular flexibility index (Phi) is 4.72. The van der Waals surface area contributed by atoms with Gasteiger partial charge >= 0.3 is 0 Å². The Bertz CT molecular complexity index is 377. The molecule has 1 aromatic heterocycles. The summed E-state index contributed by atoms with van der Waals surface area (Å²) >= 11 is 1.67. The fraction of sp³-hybridized carbons (Fsp3) is 0.769. The lowest BCUT2D eigenvalue weighted by molar-refractivity contribution is 0.128. The summed E-state index contributed by atoms with van der Waals surface area (Å²) in [6.45, 7) is 5.32. The van der Waals surface area contributed by atoms with Gasteiger partial charge in [-0.15, -0.1) is 11.3 Å². The summed E-state index contributed by atoms with van der Waals surface area (Å²) in [7, 11) is 4.41. The van der Waals surface area contributed by atoms with E-state index in [0.717, 1.165) is 17.2 Å². The minimum atomic E-state index is 0.0508. The molecule has 4 nitrogen and oxygen atoms in total. The standard InChI is InChI=1S/C13H24N4S/c1-10(14)13-15-11(9-18-13)7-17(3)12-5-4-6-16(2)8-12/h9-10,12H,4-8,14H2,1-3H3. The SMILES string of the molecule is CC(N)c1nc(CN(C)C2CCCN(C)C2)cs1. The lowest BCUT2D eigenvalue weighted by Crippen LogP contribution is -2.44. The van der Waals surface area contributed by atoms with Crippen LogP contribution >= 0.6 is 11.3 Å². The number of rotatable bonds is 4. The van der Waals surface area contributed by atoms with Gasteiger partial charge in [-0.05, 0) is 40.4 Å². The van der Waals surface area contributed by atoms with E-state index < -0.39 is 0 Å². The third kappa shape index (κ3) is 3.51. The highest BCUT2D eigenvalue weighted by molar-refractivity contribution is 7.09. The molecule has 1 saturated heterocycles. The molecule has 1 aromatic rings. The van der Waals surface area contributed by atoms with Crippen LogP contribution in [0.15, 0.2) is 5.38 Å². The first kappa shape index (κ1) is 13.9. The van der Waals surface area contributed by atoms with E-state index in [1.165, 1.54) is 25.9 Å². The summed E-state index contributed by atoms with van der Waals surface area (Å²) in [4.78, 5) is 9.44. The molecule has 2 unspecified atom stereocenters. The van der Waals surface area contributed by atoms with Crippen LogP contribution in [0, 0.1) is 0 Å². The zero-order chi connectivity index (χ0) is 13.1. The van der Waals surface area contributed by atoms with E-state index in [1.54, 1.807) is 11.3 Å². The van der Waals surface area contributed by atoms with Gasteiger partial charge in [-0.1, -0.05) is 0 Å². The number of hydrogen-bond acceptors (Lipinski definition) is 5. The highest BCUT2D eigenvalue weighted by Gasteiger charge is 2.21. The number of likely N-dealkylation sites (tertiary alicyclic amines) is 1. The molecule has 18 heavy (non-hydrogen) atoms. The highest BCUT2D eigenvalue weighted by Crippen LogP contribution is 2.19. The number of nitrogens with two attached hydrogens (primary N) is 1. The summed E-state index contributed by atoms with van der Waals surface area (Å²) < 4.78 is 0. The molecule has 0 saturated carbocycles. The molecule has 2 heterocycles. The van der Waals surface area contributed by atoms with Crippen LogP contribution in [0.3, 0.4) is 0 Å². The Hall–Kier alpha value is -0.490. The third-order valence-corrected chi connectivity index (χ3v) is 4.69. The summed E-state index contributed by atoms with van der Waals surface area (Å²) in [6, 6.07) is 0.707. The predicted molar refractivity (Wildman–Crippen MR) is 76.7 cm³/mol. The number of hydrogen-bond donors (Lipinski definition) is 1. The fourth-order valence-corrected chi connectivity index (χ4v) is 3.26. The smallest absolute Gasteiger partial charge is 0.109 e. The Morgan fingerprint density at radius 2 is 2.44 bits per heavy atom. The molecule has 0 amide bonds. The van der Waals surface area contributed by atoms with E-state index in [1.807, 2.05) is 6.92 Å². The molecule has 2 N–H and O–H groups in total. The van der Waals surface area contributed by atoms with Crippen molar-refractivity contribution >= 4 is 11.3 Å². The quantitative estimate of drug-likeness (QED) is 0.902. The van der Waals surface area contributed by atoms with Gasteiger partial charge in [-0.2, -0.15) is 0 Å². The molecule has 2 rings (SSSR count). The van der Waals surface area contributed by atoms with E-state index in [0.29, 0.717) is 6.04 Å². The average Bonchev–Trinajstić information content (AvgIpc) is 2.77. The van der Waals surface area contributed by atoms with Gasteiger partial charge in [0, 0.05) is 24.5 Å². The molecule has 0 aliphatic carbocycles. The first-order chi connectivity index (χ1) is 8.56. The molecule has 0 aromatic carbocycles. The minimum absolute atomic E-state index is 0.0508. The van der Waals surface area contributed by atoms with E-state index in [2.05, 4.69) is 34.3 Å². The second kappa shape index (κ2) is 6.10. The number of nitrogens with zero attached hydrogens (tertiary/aromatic N) is 3. The van der Waals surface area contributed by atoms with E-state index in [9.17, 15) is 0 Å². The predicted octanol–water partition coefficient (Wildman–Crippen LogP) is 1.69. The lowest BCUT2D eigenvalue weighted by atomic mass is 10.1. The van der Waals surface area contributed by atoms with Crippen molar-refractivity contribution in [2.24, 2.45) is 5.73 Å². The van der Waals surface area contributed by atoms with Crippen molar-refractivity contribution in [1.82, 2.24) is 14.8 Å². The zero-order valence-corrected chi connectivity index (χ0v) is 12.4. The minimum Gasteiger partial charge on any atom is -0.322 e. The summed E-state index contributed by atoms with van der Waals surface area (Å²) in [5.74, 6) is 0. The maximum Gasteiger partial charge on any atom is 0.109 e. The van der Waals surface area contributed by atoms with Crippen molar-refractivity contribution in [1.29, 1.82) is 0 Å². The molecule has 0 radical (unpaired) electrons. The Balaban J connectivity index is 1.91. The number of likely N-dealkylation sites (N-methyl/N-ethyl adjacent to an activating group) is 2. The van der Waals surface area contributed by atoms with Gasteiger partial charge in [0.05, 0.1) is 11.7 Å². The van der Waals surface area contributed by atoms with Gasteiger partial charge < -0.3 is 10.6 Å². The average molecular weight is 268 g/mol. The van der Waals surface area contributed by atoms with Gasteiger partial charge in [0.2, 0.25) is 0 Å². The number of thiazole rings is 1. The molecular formula is C13H24N4S. The molecule has 1 aliphatic heterocycles. The summed E-state index contributed by atoms with van der Waals surface area (Å²) in [6.07, 6.45) is 2.60. The van der Waals surface area contributed by atoms with E-state index >= 15 is 0 Å². The van der Waals surface area contributed by atoms with Crippen LogP contribution in [0.2, 0.25) is 0 Å². The van der Waals surface area contributed by atoms with Crippen molar-refractivity contribution in [3.63, 3.8) is 0 Å². The van der Waals surface area contributed by atoms with Gasteiger partial charge in [0.25, 0.3) is 0 Å². The number of aromatic nitrogens is 1. The van der Waals surface area contributed by atoms with Gasteiger partial charge in [0.15, 0.2) is 0 Å². The Morgan fingerprint density at radius 3 is 3.06 bits per heavy atom. The Labute approximate surface area is 114 Å². The molecule has 5 heteroatoms. The van der Waals surface area contributed by atoms with Crippen molar-refractivity contribution < 1.29 is 0 Å². The molecule has 1 aliphatic rings. The molecule has 0 bridgehead atoms. The second-order valence-electron chi connectivity index (χ2n) is 5.44. The van der Waals surface area contributed by atoms with Crippen LogP contribution in [-0.4, -0.2) is 48.0 Å². The van der Waals surface area contributed by atoms with Crippen LogP contribution in [0.1, 0.15) is 36.5 Å².